The summed E-state index contributed by atoms with van der Waals surface area (Å²) in [6, 6.07) is 0. The van der Waals surface area contributed by atoms with E-state index < -0.39 is 0 Å². The lowest BCUT2D eigenvalue weighted by atomic mass is 9.94. The minimum absolute atomic E-state index is 0.0361. The van der Waals surface area contributed by atoms with Gasteiger partial charge in [0.1, 0.15) is 12.0 Å². The van der Waals surface area contributed by atoms with Crippen molar-refractivity contribution in [2.75, 3.05) is 13.1 Å². The third-order valence-electron chi connectivity index (χ3n) is 4.67. The Morgan fingerprint density at radius 3 is 2.69 bits per heavy atom. The fourth-order valence-electron chi connectivity index (χ4n) is 3.30. The van der Waals surface area contributed by atoms with Crippen LogP contribution in [0.1, 0.15) is 34.8 Å². The first-order valence-electron chi connectivity index (χ1n) is 8.55. The third kappa shape index (κ3) is 3.17. The Balaban J connectivity index is 1.55. The van der Waals surface area contributed by atoms with Crippen molar-refractivity contribution >= 4 is 5.91 Å². The summed E-state index contributed by atoms with van der Waals surface area (Å²) >= 11 is 0. The van der Waals surface area contributed by atoms with Crippen molar-refractivity contribution in [2.24, 2.45) is 7.05 Å². The van der Waals surface area contributed by atoms with Crippen molar-refractivity contribution in [3.63, 3.8) is 0 Å². The summed E-state index contributed by atoms with van der Waals surface area (Å²) in [5.41, 5.74) is 3.14. The van der Waals surface area contributed by atoms with E-state index in [1.807, 2.05) is 16.5 Å². The second-order valence-corrected chi connectivity index (χ2v) is 6.44. The molecule has 8 nitrogen and oxygen atoms in total. The second kappa shape index (κ2) is 6.99. The number of carbonyl (C=O) groups excluding carboxylic acids is 1. The summed E-state index contributed by atoms with van der Waals surface area (Å²) in [6.07, 6.45) is 13.5. The van der Waals surface area contributed by atoms with E-state index in [0.29, 0.717) is 12.1 Å². The van der Waals surface area contributed by atoms with Gasteiger partial charge in [0.05, 0.1) is 35.7 Å². The van der Waals surface area contributed by atoms with Crippen LogP contribution in [0.4, 0.5) is 0 Å². The van der Waals surface area contributed by atoms with E-state index in [1.54, 1.807) is 37.3 Å². The van der Waals surface area contributed by atoms with E-state index >= 15 is 0 Å². The van der Waals surface area contributed by atoms with Gasteiger partial charge in [0, 0.05) is 44.6 Å². The smallest absolute Gasteiger partial charge is 0.257 e. The summed E-state index contributed by atoms with van der Waals surface area (Å²) in [7, 11) is 1.93. The predicted molar refractivity (Wildman–Crippen MR) is 94.1 cm³/mol. The Hall–Kier alpha value is -3.16. The van der Waals surface area contributed by atoms with Gasteiger partial charge >= 0.3 is 0 Å². The fourth-order valence-corrected chi connectivity index (χ4v) is 3.30. The molecule has 1 amide bonds. The quantitative estimate of drug-likeness (QED) is 0.715. The normalized spacial score (nSPS) is 17.3. The van der Waals surface area contributed by atoms with Gasteiger partial charge in [-0.3, -0.25) is 9.78 Å². The average molecular weight is 349 g/mol. The molecule has 3 aromatic heterocycles. The van der Waals surface area contributed by atoms with Gasteiger partial charge in [0.25, 0.3) is 5.91 Å². The Kier molecular flexibility index (Phi) is 4.39. The topological polar surface area (TPSA) is 89.7 Å². The molecule has 1 aliphatic heterocycles. The number of carbonyl (C=O) groups is 1. The lowest BCUT2D eigenvalue weighted by Gasteiger charge is -2.32. The SMILES string of the molecule is Cn1cncc1-c1cncc(C2CCCN(C(=O)c3cncnc3)C2)n1. The monoisotopic (exact) mass is 349 g/mol. The molecule has 0 aliphatic carbocycles. The van der Waals surface area contributed by atoms with Gasteiger partial charge in [-0.25, -0.2) is 19.9 Å². The van der Waals surface area contributed by atoms with Gasteiger partial charge < -0.3 is 9.47 Å². The highest BCUT2D eigenvalue weighted by Crippen LogP contribution is 2.27. The van der Waals surface area contributed by atoms with Crippen LogP contribution in [0.15, 0.2) is 43.6 Å². The number of aryl methyl sites for hydroxylation is 1. The molecule has 8 heteroatoms. The van der Waals surface area contributed by atoms with E-state index in [0.717, 1.165) is 36.5 Å². The molecule has 1 atom stereocenters. The van der Waals surface area contributed by atoms with Crippen molar-refractivity contribution < 1.29 is 4.79 Å². The van der Waals surface area contributed by atoms with Crippen LogP contribution in [0.25, 0.3) is 11.4 Å². The Bertz CT molecular complexity index is 909. The van der Waals surface area contributed by atoms with Crippen molar-refractivity contribution in [2.45, 2.75) is 18.8 Å². The summed E-state index contributed by atoms with van der Waals surface area (Å²) in [4.78, 5) is 35.7. The number of aromatic nitrogens is 6. The van der Waals surface area contributed by atoms with E-state index in [4.69, 9.17) is 4.98 Å². The molecule has 0 radical (unpaired) electrons. The van der Waals surface area contributed by atoms with Crippen LogP contribution in [-0.2, 0) is 7.05 Å². The number of imidazole rings is 1. The van der Waals surface area contributed by atoms with E-state index in [9.17, 15) is 4.79 Å². The highest BCUT2D eigenvalue weighted by atomic mass is 16.2. The largest absolute Gasteiger partial charge is 0.338 e. The Morgan fingerprint density at radius 2 is 1.92 bits per heavy atom. The summed E-state index contributed by atoms with van der Waals surface area (Å²) in [5, 5.41) is 0. The molecule has 0 bridgehead atoms. The Morgan fingerprint density at radius 1 is 1.08 bits per heavy atom. The van der Waals surface area contributed by atoms with Crippen LogP contribution in [0.3, 0.4) is 0 Å². The first kappa shape index (κ1) is 16.3. The number of nitrogens with zero attached hydrogens (tertiary/aromatic N) is 7. The van der Waals surface area contributed by atoms with Gasteiger partial charge in [-0.2, -0.15) is 0 Å². The molecular formula is C18H19N7O. The van der Waals surface area contributed by atoms with Crippen molar-refractivity contribution in [1.29, 1.82) is 0 Å². The van der Waals surface area contributed by atoms with Crippen molar-refractivity contribution in [1.82, 2.24) is 34.4 Å². The van der Waals surface area contributed by atoms with Crippen LogP contribution >= 0.6 is 0 Å². The van der Waals surface area contributed by atoms with Crippen LogP contribution < -0.4 is 0 Å². The second-order valence-electron chi connectivity index (χ2n) is 6.44. The molecule has 3 aromatic rings. The van der Waals surface area contributed by atoms with Gasteiger partial charge in [0.15, 0.2) is 0 Å². The molecular weight excluding hydrogens is 330 g/mol. The highest BCUT2D eigenvalue weighted by Gasteiger charge is 2.27. The molecule has 1 saturated heterocycles. The minimum atomic E-state index is -0.0361. The number of amides is 1. The number of rotatable bonds is 3. The molecule has 1 fully saturated rings. The fraction of sp³-hybridized carbons (Fsp3) is 0.333. The maximum Gasteiger partial charge on any atom is 0.257 e. The molecule has 26 heavy (non-hydrogen) atoms. The lowest BCUT2D eigenvalue weighted by Crippen LogP contribution is -2.39. The summed E-state index contributed by atoms with van der Waals surface area (Å²) in [5.74, 6) is 0.129. The first-order chi connectivity index (χ1) is 12.7. The molecule has 1 aliphatic rings. The number of likely N-dealkylation sites (tertiary alicyclic amines) is 1. The van der Waals surface area contributed by atoms with E-state index in [-0.39, 0.29) is 11.8 Å². The van der Waals surface area contributed by atoms with Gasteiger partial charge in [-0.15, -0.1) is 0 Å². The molecule has 4 heterocycles. The van der Waals surface area contributed by atoms with Gasteiger partial charge in [-0.1, -0.05) is 0 Å². The zero-order valence-corrected chi connectivity index (χ0v) is 14.5. The third-order valence-corrected chi connectivity index (χ3v) is 4.67. The van der Waals surface area contributed by atoms with Crippen LogP contribution in [-0.4, -0.2) is 53.4 Å². The average Bonchev–Trinajstić information content (AvgIpc) is 3.14. The molecule has 0 aromatic carbocycles. The first-order valence-corrected chi connectivity index (χ1v) is 8.55. The molecule has 132 valence electrons. The summed E-state index contributed by atoms with van der Waals surface area (Å²) < 4.78 is 1.92. The molecule has 0 spiro atoms. The van der Waals surface area contributed by atoms with Crippen LogP contribution in [0.5, 0.6) is 0 Å². The zero-order valence-electron chi connectivity index (χ0n) is 14.5. The van der Waals surface area contributed by atoms with Crippen molar-refractivity contribution in [3.8, 4) is 11.4 Å². The molecule has 0 saturated carbocycles. The van der Waals surface area contributed by atoms with Gasteiger partial charge in [0.2, 0.25) is 0 Å². The van der Waals surface area contributed by atoms with Crippen LogP contribution in [0, 0.1) is 0 Å². The standard InChI is InChI=1S/C18H19N7O/c1-24-12-22-9-17(24)16-8-19-7-15(23-16)13-3-2-4-25(10-13)18(26)14-5-20-11-21-6-14/h5-9,11-13H,2-4,10H2,1H3. The number of hydrogen-bond donors (Lipinski definition) is 0. The zero-order chi connectivity index (χ0) is 17.9. The van der Waals surface area contributed by atoms with Crippen LogP contribution in [0.2, 0.25) is 0 Å². The number of piperidine rings is 1. The number of hydrogen-bond acceptors (Lipinski definition) is 6. The Labute approximate surface area is 151 Å². The molecule has 0 N–H and O–H groups in total. The highest BCUT2D eigenvalue weighted by molar-refractivity contribution is 5.93. The minimum Gasteiger partial charge on any atom is -0.338 e. The lowest BCUT2D eigenvalue weighted by molar-refractivity contribution is 0.0705. The maximum absolute atomic E-state index is 12.7. The molecule has 4 rings (SSSR count). The summed E-state index contributed by atoms with van der Waals surface area (Å²) in [6.45, 7) is 1.36. The predicted octanol–water partition coefficient (Wildman–Crippen LogP) is 1.69. The maximum atomic E-state index is 12.7. The van der Waals surface area contributed by atoms with Crippen molar-refractivity contribution in [3.05, 3.63) is 54.9 Å². The molecule has 1 unspecified atom stereocenters. The van der Waals surface area contributed by atoms with Gasteiger partial charge in [-0.05, 0) is 12.8 Å². The van der Waals surface area contributed by atoms with E-state index in [1.165, 1.54) is 6.33 Å². The van der Waals surface area contributed by atoms with E-state index in [2.05, 4.69) is 19.9 Å².